The van der Waals surface area contributed by atoms with E-state index in [9.17, 15) is 14.4 Å². The summed E-state index contributed by atoms with van der Waals surface area (Å²) in [6, 6.07) is 9.17. The van der Waals surface area contributed by atoms with Gasteiger partial charge in [-0.3, -0.25) is 19.3 Å². The summed E-state index contributed by atoms with van der Waals surface area (Å²) in [6.07, 6.45) is 1.67. The second-order valence-electron chi connectivity index (χ2n) is 9.26. The summed E-state index contributed by atoms with van der Waals surface area (Å²) in [5.41, 5.74) is 2.53. The Labute approximate surface area is 199 Å². The van der Waals surface area contributed by atoms with Gasteiger partial charge in [0.25, 0.3) is 5.91 Å². The molecule has 6 nitrogen and oxygen atoms in total. The quantitative estimate of drug-likeness (QED) is 0.581. The van der Waals surface area contributed by atoms with Gasteiger partial charge in [-0.05, 0) is 78.5 Å². The van der Waals surface area contributed by atoms with E-state index in [2.05, 4.69) is 26.1 Å². The molecule has 6 rings (SSSR count). The number of hydrogen-bond acceptors (Lipinski definition) is 4. The number of nitrogens with one attached hydrogen (secondary N) is 1. The van der Waals surface area contributed by atoms with Crippen molar-refractivity contribution in [1.29, 1.82) is 0 Å². The first-order valence-corrected chi connectivity index (χ1v) is 12.0. The molecule has 1 N–H and O–H groups in total. The lowest BCUT2D eigenvalue weighted by molar-refractivity contribution is -0.135. The van der Waals surface area contributed by atoms with E-state index in [1.807, 2.05) is 38.1 Å². The Morgan fingerprint density at radius 3 is 2.62 bits per heavy atom. The summed E-state index contributed by atoms with van der Waals surface area (Å²) >= 11 is 10.0. The molecule has 3 saturated heterocycles. The van der Waals surface area contributed by atoms with E-state index in [0.29, 0.717) is 27.4 Å². The van der Waals surface area contributed by atoms with E-state index in [0.717, 1.165) is 29.5 Å². The van der Waals surface area contributed by atoms with Crippen LogP contribution in [0.5, 0.6) is 0 Å². The second-order valence-corrected chi connectivity index (χ2v) is 10.5. The Hall–Kier alpha value is -2.22. The first-order chi connectivity index (χ1) is 15.3. The zero-order valence-corrected chi connectivity index (χ0v) is 20.0. The Kier molecular flexibility index (Phi) is 4.24. The van der Waals surface area contributed by atoms with Crippen molar-refractivity contribution in [2.24, 2.45) is 11.8 Å². The van der Waals surface area contributed by atoms with E-state index in [4.69, 9.17) is 11.6 Å². The Morgan fingerprint density at radius 2 is 1.88 bits per heavy atom. The number of carbonyl (C=O) groups excluding carboxylic acids is 3. The van der Waals surface area contributed by atoms with Crippen LogP contribution in [0, 0.1) is 25.7 Å². The van der Waals surface area contributed by atoms with Gasteiger partial charge in [-0.1, -0.05) is 23.7 Å². The van der Waals surface area contributed by atoms with Crippen LogP contribution in [0.15, 0.2) is 34.8 Å². The Bertz CT molecular complexity index is 1250. The third-order valence-corrected chi connectivity index (χ3v) is 8.48. The van der Waals surface area contributed by atoms with Gasteiger partial charge < -0.3 is 5.32 Å². The lowest BCUT2D eigenvalue weighted by atomic mass is 9.75. The number of hydrogen-bond donors (Lipinski definition) is 1. The number of carbonyl (C=O) groups is 3. The molecule has 0 aliphatic carbocycles. The number of anilines is 2. The molecule has 32 heavy (non-hydrogen) atoms. The van der Waals surface area contributed by atoms with Crippen molar-refractivity contribution >= 4 is 56.6 Å². The molecule has 4 atom stereocenters. The molecule has 0 aromatic heterocycles. The number of aryl methyl sites for hydroxylation is 2. The first kappa shape index (κ1) is 20.4. The van der Waals surface area contributed by atoms with Crippen molar-refractivity contribution in [2.45, 2.75) is 38.3 Å². The zero-order valence-electron chi connectivity index (χ0n) is 17.6. The van der Waals surface area contributed by atoms with Gasteiger partial charge in [-0.15, -0.1) is 0 Å². The molecule has 0 radical (unpaired) electrons. The molecule has 3 amide bonds. The molecule has 2 aromatic carbocycles. The number of benzene rings is 2. The minimum atomic E-state index is -1.21. The van der Waals surface area contributed by atoms with Crippen molar-refractivity contribution in [1.82, 2.24) is 4.90 Å². The Balaban J connectivity index is 1.58. The average molecular weight is 515 g/mol. The molecule has 4 unspecified atom stereocenters. The molecule has 4 aliphatic heterocycles. The van der Waals surface area contributed by atoms with Crippen molar-refractivity contribution in [2.75, 3.05) is 16.8 Å². The molecule has 4 heterocycles. The van der Waals surface area contributed by atoms with Crippen LogP contribution < -0.4 is 10.2 Å². The summed E-state index contributed by atoms with van der Waals surface area (Å²) in [5.74, 6) is -2.15. The molecular formula is C24H21BrClN3O3. The molecule has 164 valence electrons. The number of nitrogens with zero attached hydrogens (tertiary/aromatic N) is 2. The predicted molar refractivity (Wildman–Crippen MR) is 125 cm³/mol. The highest BCUT2D eigenvalue weighted by Gasteiger charge is 2.74. The van der Waals surface area contributed by atoms with Gasteiger partial charge in [0, 0.05) is 16.1 Å². The van der Waals surface area contributed by atoms with Crippen LogP contribution in [0.4, 0.5) is 11.4 Å². The summed E-state index contributed by atoms with van der Waals surface area (Å²) in [4.78, 5) is 44.9. The zero-order chi connectivity index (χ0) is 22.5. The normalized spacial score (nSPS) is 30.8. The fourth-order valence-corrected chi connectivity index (χ4v) is 7.42. The van der Waals surface area contributed by atoms with Gasteiger partial charge in [0.2, 0.25) is 11.8 Å². The van der Waals surface area contributed by atoms with Crippen LogP contribution in [0.25, 0.3) is 0 Å². The van der Waals surface area contributed by atoms with E-state index in [-0.39, 0.29) is 23.8 Å². The second kappa shape index (κ2) is 6.65. The molecule has 8 heteroatoms. The maximum Gasteiger partial charge on any atom is 0.250 e. The van der Waals surface area contributed by atoms with E-state index >= 15 is 0 Å². The number of fused-ring (bicyclic) bond motifs is 7. The summed E-state index contributed by atoms with van der Waals surface area (Å²) in [7, 11) is 0. The Morgan fingerprint density at radius 1 is 1.09 bits per heavy atom. The minimum Gasteiger partial charge on any atom is -0.323 e. The SMILES string of the molecule is Cc1ccc(N2C(=O)C3C4CCCN4C4(C(=O)Nc5c(Cl)cc(C)cc54)C3C2=O)c(Br)c1. The molecule has 1 spiro atoms. The van der Waals surface area contributed by atoms with Gasteiger partial charge in [0.15, 0.2) is 0 Å². The lowest BCUT2D eigenvalue weighted by Crippen LogP contribution is -2.54. The predicted octanol–water partition coefficient (Wildman–Crippen LogP) is 4.15. The average Bonchev–Trinajstić information content (AvgIpc) is 3.42. The first-order valence-electron chi connectivity index (χ1n) is 10.8. The lowest BCUT2D eigenvalue weighted by Gasteiger charge is -2.36. The van der Waals surface area contributed by atoms with E-state index < -0.39 is 17.4 Å². The highest BCUT2D eigenvalue weighted by Crippen LogP contribution is 2.61. The van der Waals surface area contributed by atoms with Crippen LogP contribution in [0.2, 0.25) is 5.02 Å². The fraction of sp³-hybridized carbons (Fsp3) is 0.375. The van der Waals surface area contributed by atoms with Crippen LogP contribution >= 0.6 is 27.5 Å². The molecule has 4 aliphatic rings. The van der Waals surface area contributed by atoms with Crippen LogP contribution in [-0.4, -0.2) is 35.2 Å². The molecular weight excluding hydrogens is 494 g/mol. The van der Waals surface area contributed by atoms with Crippen molar-refractivity contribution < 1.29 is 14.4 Å². The van der Waals surface area contributed by atoms with Crippen molar-refractivity contribution in [3.63, 3.8) is 0 Å². The van der Waals surface area contributed by atoms with Crippen LogP contribution in [0.3, 0.4) is 0 Å². The van der Waals surface area contributed by atoms with Gasteiger partial charge >= 0.3 is 0 Å². The molecule has 2 aromatic rings. The third-order valence-electron chi connectivity index (χ3n) is 7.54. The van der Waals surface area contributed by atoms with Crippen molar-refractivity contribution in [3.05, 3.63) is 56.5 Å². The monoisotopic (exact) mass is 513 g/mol. The number of rotatable bonds is 1. The maximum absolute atomic E-state index is 14.0. The van der Waals surface area contributed by atoms with E-state index in [1.165, 1.54) is 4.90 Å². The highest BCUT2D eigenvalue weighted by atomic mass is 79.9. The van der Waals surface area contributed by atoms with Gasteiger partial charge in [-0.25, -0.2) is 4.90 Å². The molecule has 3 fully saturated rings. The fourth-order valence-electron chi connectivity index (χ4n) is 6.43. The van der Waals surface area contributed by atoms with Crippen LogP contribution in [0.1, 0.15) is 29.5 Å². The van der Waals surface area contributed by atoms with Gasteiger partial charge in [0.1, 0.15) is 5.54 Å². The molecule has 0 bridgehead atoms. The summed E-state index contributed by atoms with van der Waals surface area (Å²) in [5, 5.41) is 3.41. The minimum absolute atomic E-state index is 0.151. The standard InChI is InChI=1S/C24H21BrClN3O3/c1-11-5-6-16(14(25)9-11)29-21(30)18-17-4-3-7-28(17)24(19(18)22(29)31)13-8-12(2)10-15(26)20(13)27-23(24)32/h5-6,8-10,17-19H,3-4,7H2,1-2H3,(H,27,32). The largest absolute Gasteiger partial charge is 0.323 e. The smallest absolute Gasteiger partial charge is 0.250 e. The number of amides is 3. The number of halogens is 2. The maximum atomic E-state index is 14.0. The van der Waals surface area contributed by atoms with E-state index in [1.54, 1.807) is 6.07 Å². The van der Waals surface area contributed by atoms with Gasteiger partial charge in [-0.2, -0.15) is 0 Å². The third kappa shape index (κ3) is 2.31. The summed E-state index contributed by atoms with van der Waals surface area (Å²) < 4.78 is 0.687. The summed E-state index contributed by atoms with van der Waals surface area (Å²) in [6.45, 7) is 4.55. The number of imide groups is 1. The van der Waals surface area contributed by atoms with Crippen molar-refractivity contribution in [3.8, 4) is 0 Å². The topological polar surface area (TPSA) is 69.7 Å². The van der Waals surface area contributed by atoms with Gasteiger partial charge in [0.05, 0.1) is 28.2 Å². The highest BCUT2D eigenvalue weighted by molar-refractivity contribution is 9.10. The van der Waals surface area contributed by atoms with Crippen LogP contribution in [-0.2, 0) is 19.9 Å². The molecule has 0 saturated carbocycles.